The number of pyridine rings is 1. The summed E-state index contributed by atoms with van der Waals surface area (Å²) in [5, 5.41) is 0. The van der Waals surface area contributed by atoms with E-state index in [1.54, 1.807) is 0 Å². The third-order valence-corrected chi connectivity index (χ3v) is 4.49. The topological polar surface area (TPSA) is 42.2 Å². The van der Waals surface area contributed by atoms with Crippen LogP contribution < -0.4 is 5.73 Å². The molecule has 1 aliphatic carbocycles. The summed E-state index contributed by atoms with van der Waals surface area (Å²) in [6.45, 7) is 1.57. The van der Waals surface area contributed by atoms with Gasteiger partial charge in [0.2, 0.25) is 0 Å². The van der Waals surface area contributed by atoms with E-state index in [4.69, 9.17) is 5.73 Å². The van der Waals surface area contributed by atoms with Gasteiger partial charge in [0, 0.05) is 31.0 Å². The molecule has 3 rings (SSSR count). The average molecular weight is 267 g/mol. The minimum atomic E-state index is 0.0412. The Balaban J connectivity index is 1.81. The second-order valence-electron chi connectivity index (χ2n) is 5.77. The van der Waals surface area contributed by atoms with Gasteiger partial charge in [-0.15, -0.1) is 0 Å². The van der Waals surface area contributed by atoms with Crippen LogP contribution in [0.15, 0.2) is 48.8 Å². The number of nitrogens with two attached hydrogens (primary N) is 1. The highest BCUT2D eigenvalue weighted by molar-refractivity contribution is 5.36. The molecule has 0 unspecified atom stereocenters. The summed E-state index contributed by atoms with van der Waals surface area (Å²) in [6, 6.07) is 12.8. The molecule has 1 heterocycles. The number of hydrogen-bond acceptors (Lipinski definition) is 3. The van der Waals surface area contributed by atoms with Crippen LogP contribution in [0.3, 0.4) is 0 Å². The number of nitrogens with zero attached hydrogens (tertiary/aromatic N) is 2. The fourth-order valence-corrected chi connectivity index (χ4v) is 3.18. The number of benzene rings is 1. The molecule has 0 aliphatic heterocycles. The predicted octanol–water partition coefficient (Wildman–Crippen LogP) is 2.01. The zero-order valence-electron chi connectivity index (χ0n) is 11.9. The first-order chi connectivity index (χ1) is 9.73. The molecule has 104 valence electrons. The van der Waals surface area contributed by atoms with E-state index in [0.717, 1.165) is 19.4 Å². The number of fused-ring (bicyclic) bond motifs is 1. The molecule has 2 aromatic rings. The summed E-state index contributed by atoms with van der Waals surface area (Å²) >= 11 is 0. The Morgan fingerprint density at radius 2 is 1.85 bits per heavy atom. The maximum atomic E-state index is 6.15. The largest absolute Gasteiger partial charge is 0.329 e. The van der Waals surface area contributed by atoms with Gasteiger partial charge >= 0.3 is 0 Å². The summed E-state index contributed by atoms with van der Waals surface area (Å²) in [5.74, 6) is 0. The third kappa shape index (κ3) is 2.35. The Morgan fingerprint density at radius 1 is 1.15 bits per heavy atom. The molecule has 0 amide bonds. The van der Waals surface area contributed by atoms with Crippen LogP contribution in [0, 0.1) is 0 Å². The Kier molecular flexibility index (Phi) is 3.55. The molecule has 3 nitrogen and oxygen atoms in total. The maximum absolute atomic E-state index is 6.15. The first-order valence-electron chi connectivity index (χ1n) is 7.10. The highest BCUT2D eigenvalue weighted by Crippen LogP contribution is 2.34. The summed E-state index contributed by atoms with van der Waals surface area (Å²) < 4.78 is 0. The van der Waals surface area contributed by atoms with Gasteiger partial charge in [0.15, 0.2) is 0 Å². The van der Waals surface area contributed by atoms with Gasteiger partial charge in [-0.1, -0.05) is 30.3 Å². The van der Waals surface area contributed by atoms with Crippen LogP contribution in [-0.2, 0) is 19.4 Å². The Hall–Kier alpha value is -1.71. The summed E-state index contributed by atoms with van der Waals surface area (Å²) in [7, 11) is 2.17. The quantitative estimate of drug-likeness (QED) is 0.921. The van der Waals surface area contributed by atoms with E-state index in [0.29, 0.717) is 6.54 Å². The molecule has 0 fully saturated rings. The molecular formula is C17H21N3. The summed E-state index contributed by atoms with van der Waals surface area (Å²) in [6.07, 6.45) is 5.82. The summed E-state index contributed by atoms with van der Waals surface area (Å²) in [5.41, 5.74) is 10.3. The van der Waals surface area contributed by atoms with E-state index in [2.05, 4.69) is 47.3 Å². The number of hydrogen-bond donors (Lipinski definition) is 1. The van der Waals surface area contributed by atoms with Crippen LogP contribution in [0.2, 0.25) is 0 Å². The van der Waals surface area contributed by atoms with Crippen molar-refractivity contribution in [2.75, 3.05) is 13.6 Å². The van der Waals surface area contributed by atoms with Crippen LogP contribution in [0.4, 0.5) is 0 Å². The molecular weight excluding hydrogens is 246 g/mol. The van der Waals surface area contributed by atoms with E-state index in [1.165, 1.54) is 16.7 Å². The first-order valence-corrected chi connectivity index (χ1v) is 7.10. The Labute approximate surface area is 120 Å². The number of likely N-dealkylation sites (N-methyl/N-ethyl adjacent to an activating group) is 1. The molecule has 0 radical (unpaired) electrons. The van der Waals surface area contributed by atoms with E-state index < -0.39 is 0 Å². The fraction of sp³-hybridized carbons (Fsp3) is 0.353. The van der Waals surface area contributed by atoms with Gasteiger partial charge in [-0.05, 0) is 42.6 Å². The zero-order chi connectivity index (χ0) is 14.0. The van der Waals surface area contributed by atoms with E-state index in [1.807, 2.05) is 18.5 Å². The van der Waals surface area contributed by atoms with Crippen LogP contribution in [0.5, 0.6) is 0 Å². The smallest absolute Gasteiger partial charge is 0.0412 e. The molecule has 0 atom stereocenters. The second-order valence-corrected chi connectivity index (χ2v) is 5.77. The SMILES string of the molecule is CN(Cc1cccnc1)C1(CN)Cc2ccccc2C1. The third-order valence-electron chi connectivity index (χ3n) is 4.49. The maximum Gasteiger partial charge on any atom is 0.0412 e. The van der Waals surface area contributed by atoms with Crippen molar-refractivity contribution in [3.8, 4) is 0 Å². The fourth-order valence-electron chi connectivity index (χ4n) is 3.18. The van der Waals surface area contributed by atoms with E-state index in [-0.39, 0.29) is 5.54 Å². The van der Waals surface area contributed by atoms with Gasteiger partial charge in [0.05, 0.1) is 0 Å². The van der Waals surface area contributed by atoms with Crippen molar-refractivity contribution in [3.05, 3.63) is 65.5 Å². The van der Waals surface area contributed by atoms with Crippen molar-refractivity contribution < 1.29 is 0 Å². The average Bonchev–Trinajstić information content (AvgIpc) is 2.88. The van der Waals surface area contributed by atoms with Crippen molar-refractivity contribution in [1.29, 1.82) is 0 Å². The van der Waals surface area contributed by atoms with E-state index >= 15 is 0 Å². The van der Waals surface area contributed by atoms with Crippen molar-refractivity contribution >= 4 is 0 Å². The molecule has 0 saturated carbocycles. The lowest BCUT2D eigenvalue weighted by Crippen LogP contribution is -2.52. The zero-order valence-corrected chi connectivity index (χ0v) is 11.9. The molecule has 0 saturated heterocycles. The van der Waals surface area contributed by atoms with Crippen molar-refractivity contribution in [2.45, 2.75) is 24.9 Å². The van der Waals surface area contributed by atoms with Crippen LogP contribution in [-0.4, -0.2) is 29.0 Å². The normalized spacial score (nSPS) is 16.4. The molecule has 2 N–H and O–H groups in total. The minimum absolute atomic E-state index is 0.0412. The van der Waals surface area contributed by atoms with Gasteiger partial charge in [-0.2, -0.15) is 0 Å². The number of rotatable bonds is 4. The number of aromatic nitrogens is 1. The highest BCUT2D eigenvalue weighted by atomic mass is 15.2. The molecule has 20 heavy (non-hydrogen) atoms. The highest BCUT2D eigenvalue weighted by Gasteiger charge is 2.39. The lowest BCUT2D eigenvalue weighted by molar-refractivity contribution is 0.127. The molecule has 0 spiro atoms. The minimum Gasteiger partial charge on any atom is -0.329 e. The van der Waals surface area contributed by atoms with Gasteiger partial charge in [0.1, 0.15) is 0 Å². The molecule has 1 aromatic carbocycles. The first kappa shape index (κ1) is 13.3. The van der Waals surface area contributed by atoms with Gasteiger partial charge in [0.25, 0.3) is 0 Å². The molecule has 1 aromatic heterocycles. The van der Waals surface area contributed by atoms with Gasteiger partial charge in [-0.25, -0.2) is 0 Å². The van der Waals surface area contributed by atoms with Crippen LogP contribution >= 0.6 is 0 Å². The Bertz CT molecular complexity index is 555. The van der Waals surface area contributed by atoms with Crippen molar-refractivity contribution in [1.82, 2.24) is 9.88 Å². The van der Waals surface area contributed by atoms with Crippen LogP contribution in [0.25, 0.3) is 0 Å². The van der Waals surface area contributed by atoms with Gasteiger partial charge in [-0.3, -0.25) is 9.88 Å². The molecule has 1 aliphatic rings. The molecule has 0 bridgehead atoms. The lowest BCUT2D eigenvalue weighted by atomic mass is 9.93. The monoisotopic (exact) mass is 267 g/mol. The lowest BCUT2D eigenvalue weighted by Gasteiger charge is -2.38. The summed E-state index contributed by atoms with van der Waals surface area (Å²) in [4.78, 5) is 6.59. The van der Waals surface area contributed by atoms with Crippen LogP contribution in [0.1, 0.15) is 16.7 Å². The standard InChI is InChI=1S/C17H21N3/c1-20(12-14-5-4-8-19-11-14)17(13-18)9-15-6-2-3-7-16(15)10-17/h2-8,11H,9-10,12-13,18H2,1H3. The second kappa shape index (κ2) is 5.35. The predicted molar refractivity (Wildman–Crippen MR) is 81.3 cm³/mol. The van der Waals surface area contributed by atoms with Gasteiger partial charge < -0.3 is 5.73 Å². The van der Waals surface area contributed by atoms with E-state index in [9.17, 15) is 0 Å². The Morgan fingerprint density at radius 3 is 2.40 bits per heavy atom. The van der Waals surface area contributed by atoms with Crippen molar-refractivity contribution in [2.24, 2.45) is 5.73 Å². The van der Waals surface area contributed by atoms with Crippen molar-refractivity contribution in [3.63, 3.8) is 0 Å². The molecule has 3 heteroatoms.